The van der Waals surface area contributed by atoms with Crippen molar-refractivity contribution in [2.45, 2.75) is 63.1 Å². The van der Waals surface area contributed by atoms with Crippen molar-refractivity contribution >= 4 is 15.7 Å². The molecule has 1 N–H and O–H groups in total. The fourth-order valence-corrected chi connectivity index (χ4v) is 6.68. The van der Waals surface area contributed by atoms with Gasteiger partial charge in [-0.05, 0) is 55.7 Å². The molecule has 2 saturated carbocycles. The summed E-state index contributed by atoms with van der Waals surface area (Å²) in [6.07, 6.45) is 7.15. The van der Waals surface area contributed by atoms with Crippen molar-refractivity contribution in [3.63, 3.8) is 0 Å². The molecule has 1 heterocycles. The van der Waals surface area contributed by atoms with E-state index in [1.807, 2.05) is 17.0 Å². The number of nitrogens with zero attached hydrogens (tertiary/aromatic N) is 1. The third-order valence-electron chi connectivity index (χ3n) is 6.65. The molecule has 0 spiro atoms. The maximum atomic E-state index is 13.3. The Morgan fingerprint density at radius 2 is 1.79 bits per heavy atom. The molecule has 2 aliphatic carbocycles. The molecule has 6 nitrogen and oxygen atoms in total. The van der Waals surface area contributed by atoms with Crippen LogP contribution in [0, 0.1) is 5.92 Å². The molecule has 1 saturated heterocycles. The molecule has 4 rings (SSSR count). The molecule has 1 aliphatic heterocycles. The first-order chi connectivity index (χ1) is 14.0. The number of methoxy groups -OCH3 is 1. The molecular formula is C22H32N2O4S. The second-order valence-electron chi connectivity index (χ2n) is 8.77. The van der Waals surface area contributed by atoms with E-state index in [0.29, 0.717) is 12.3 Å². The number of benzene rings is 1. The first kappa shape index (κ1) is 20.7. The van der Waals surface area contributed by atoms with E-state index in [1.54, 1.807) is 7.11 Å². The Morgan fingerprint density at radius 1 is 1.10 bits per heavy atom. The second-order valence-corrected chi connectivity index (χ2v) is 11.0. The van der Waals surface area contributed by atoms with Gasteiger partial charge in [0.15, 0.2) is 9.84 Å². The largest absolute Gasteiger partial charge is 0.497 e. The van der Waals surface area contributed by atoms with Crippen LogP contribution in [0.3, 0.4) is 0 Å². The van der Waals surface area contributed by atoms with E-state index in [0.717, 1.165) is 31.4 Å². The lowest BCUT2D eigenvalue weighted by Gasteiger charge is -2.34. The predicted molar refractivity (Wildman–Crippen MR) is 113 cm³/mol. The highest BCUT2D eigenvalue weighted by atomic mass is 32.2. The quantitative estimate of drug-likeness (QED) is 0.700. The van der Waals surface area contributed by atoms with Crippen LogP contribution in [0.2, 0.25) is 0 Å². The predicted octanol–water partition coefficient (Wildman–Crippen LogP) is 2.69. The van der Waals surface area contributed by atoms with Gasteiger partial charge in [-0.25, -0.2) is 8.42 Å². The SMILES string of the molecule is COc1ccc(C(NCC(=O)N(C2CCCC2)C2CCS(=O)(=O)C2)C2CC2)cc1. The minimum atomic E-state index is -3.01. The van der Waals surface area contributed by atoms with Gasteiger partial charge in [0.1, 0.15) is 5.75 Å². The van der Waals surface area contributed by atoms with Crippen LogP contribution in [0.1, 0.15) is 56.6 Å². The first-order valence-corrected chi connectivity index (χ1v) is 12.7. The van der Waals surface area contributed by atoms with E-state index in [1.165, 1.54) is 18.4 Å². The summed E-state index contributed by atoms with van der Waals surface area (Å²) in [7, 11) is -1.36. The normalized spacial score (nSPS) is 25.1. The summed E-state index contributed by atoms with van der Waals surface area (Å²) in [5, 5.41) is 3.50. The first-order valence-electron chi connectivity index (χ1n) is 10.9. The average Bonchev–Trinajstić information content (AvgIpc) is 3.28. The molecule has 3 aliphatic rings. The van der Waals surface area contributed by atoms with Gasteiger partial charge >= 0.3 is 0 Å². The summed E-state index contributed by atoms with van der Waals surface area (Å²) >= 11 is 0. The third-order valence-corrected chi connectivity index (χ3v) is 8.40. The lowest BCUT2D eigenvalue weighted by atomic mass is 10.0. The molecule has 1 amide bonds. The van der Waals surface area contributed by atoms with Gasteiger partial charge in [0.25, 0.3) is 0 Å². The fraction of sp³-hybridized carbons (Fsp3) is 0.682. The van der Waals surface area contributed by atoms with Crippen molar-refractivity contribution < 1.29 is 17.9 Å². The number of hydrogen-bond acceptors (Lipinski definition) is 5. The fourth-order valence-electron chi connectivity index (χ4n) is 4.97. The van der Waals surface area contributed by atoms with E-state index in [4.69, 9.17) is 4.74 Å². The maximum absolute atomic E-state index is 13.3. The number of carbonyl (C=O) groups is 1. The molecular weight excluding hydrogens is 388 g/mol. The summed E-state index contributed by atoms with van der Waals surface area (Å²) in [5.41, 5.74) is 1.18. The van der Waals surface area contributed by atoms with Crippen molar-refractivity contribution in [3.05, 3.63) is 29.8 Å². The lowest BCUT2D eigenvalue weighted by Crippen LogP contribution is -2.50. The summed E-state index contributed by atoms with van der Waals surface area (Å²) in [5.74, 6) is 1.77. The summed E-state index contributed by atoms with van der Waals surface area (Å²) in [4.78, 5) is 15.2. The summed E-state index contributed by atoms with van der Waals surface area (Å²) in [6.45, 7) is 0.264. The summed E-state index contributed by atoms with van der Waals surface area (Å²) < 4.78 is 29.3. The van der Waals surface area contributed by atoms with Gasteiger partial charge in [-0.2, -0.15) is 0 Å². The monoisotopic (exact) mass is 420 g/mol. The lowest BCUT2D eigenvalue weighted by molar-refractivity contribution is -0.134. The van der Waals surface area contributed by atoms with E-state index >= 15 is 0 Å². The Bertz CT molecular complexity index is 814. The van der Waals surface area contributed by atoms with Gasteiger partial charge in [-0.1, -0.05) is 25.0 Å². The highest BCUT2D eigenvalue weighted by Gasteiger charge is 2.39. The number of carbonyl (C=O) groups excluding carboxylic acids is 1. The summed E-state index contributed by atoms with van der Waals surface area (Å²) in [6, 6.07) is 8.25. The third kappa shape index (κ3) is 4.94. The molecule has 0 aromatic heterocycles. The minimum absolute atomic E-state index is 0.0539. The van der Waals surface area contributed by atoms with Crippen LogP contribution in [0.4, 0.5) is 0 Å². The zero-order valence-corrected chi connectivity index (χ0v) is 18.0. The zero-order chi connectivity index (χ0) is 20.4. The van der Waals surface area contributed by atoms with Crippen molar-refractivity contribution in [2.24, 2.45) is 5.92 Å². The van der Waals surface area contributed by atoms with E-state index in [-0.39, 0.29) is 42.1 Å². The van der Waals surface area contributed by atoms with Gasteiger partial charge in [-0.3, -0.25) is 4.79 Å². The molecule has 2 atom stereocenters. The minimum Gasteiger partial charge on any atom is -0.497 e. The van der Waals surface area contributed by atoms with Gasteiger partial charge < -0.3 is 15.0 Å². The van der Waals surface area contributed by atoms with Crippen LogP contribution in [-0.4, -0.2) is 56.5 Å². The van der Waals surface area contributed by atoms with E-state index < -0.39 is 9.84 Å². The Morgan fingerprint density at radius 3 is 2.34 bits per heavy atom. The average molecular weight is 421 g/mol. The zero-order valence-electron chi connectivity index (χ0n) is 17.2. The smallest absolute Gasteiger partial charge is 0.237 e. The van der Waals surface area contributed by atoms with E-state index in [9.17, 15) is 13.2 Å². The molecule has 160 valence electrons. The Hall–Kier alpha value is -1.60. The maximum Gasteiger partial charge on any atom is 0.237 e. The van der Waals surface area contributed by atoms with Gasteiger partial charge in [-0.15, -0.1) is 0 Å². The number of amides is 1. The van der Waals surface area contributed by atoms with Crippen molar-refractivity contribution in [3.8, 4) is 5.75 Å². The molecule has 7 heteroatoms. The number of sulfone groups is 1. The molecule has 0 radical (unpaired) electrons. The molecule has 0 bridgehead atoms. The van der Waals surface area contributed by atoms with Crippen molar-refractivity contribution in [2.75, 3.05) is 25.2 Å². The van der Waals surface area contributed by atoms with Gasteiger partial charge in [0.2, 0.25) is 5.91 Å². The van der Waals surface area contributed by atoms with E-state index in [2.05, 4.69) is 17.4 Å². The van der Waals surface area contributed by atoms with Crippen molar-refractivity contribution in [1.29, 1.82) is 0 Å². The Kier molecular flexibility index (Phi) is 6.16. The number of rotatable bonds is 8. The molecule has 3 fully saturated rings. The number of ether oxygens (including phenoxy) is 1. The second kappa shape index (κ2) is 8.64. The molecule has 1 aromatic carbocycles. The number of hydrogen-bond donors (Lipinski definition) is 1. The highest BCUT2D eigenvalue weighted by Crippen LogP contribution is 2.41. The standard InChI is InChI=1S/C22H32N2O4S/c1-28-20-10-8-17(9-11-20)22(16-6-7-16)23-14-21(25)24(18-4-2-3-5-18)19-12-13-29(26,27)15-19/h8-11,16,18-19,22-23H,2-7,12-15H2,1H3. The van der Waals surface area contributed by atoms with Crippen LogP contribution in [0.15, 0.2) is 24.3 Å². The highest BCUT2D eigenvalue weighted by molar-refractivity contribution is 7.91. The topological polar surface area (TPSA) is 75.7 Å². The molecule has 2 unspecified atom stereocenters. The van der Waals surface area contributed by atoms with Crippen LogP contribution in [-0.2, 0) is 14.6 Å². The number of nitrogens with one attached hydrogen (secondary N) is 1. The Balaban J connectivity index is 1.44. The Labute approximate surface area is 173 Å². The van der Waals surface area contributed by atoms with Crippen LogP contribution >= 0.6 is 0 Å². The van der Waals surface area contributed by atoms with Crippen LogP contribution in [0.25, 0.3) is 0 Å². The molecule has 29 heavy (non-hydrogen) atoms. The molecule has 1 aromatic rings. The van der Waals surface area contributed by atoms with Crippen LogP contribution in [0.5, 0.6) is 5.75 Å². The van der Waals surface area contributed by atoms with Gasteiger partial charge in [0, 0.05) is 18.1 Å². The van der Waals surface area contributed by atoms with Crippen molar-refractivity contribution in [1.82, 2.24) is 10.2 Å². The van der Waals surface area contributed by atoms with Crippen LogP contribution < -0.4 is 10.1 Å². The van der Waals surface area contributed by atoms with Gasteiger partial charge in [0.05, 0.1) is 25.2 Å².